The molecule has 0 aliphatic heterocycles. The van der Waals surface area contributed by atoms with E-state index in [1.807, 2.05) is 56.5 Å². The molecular formula is C16H16N2O. The Hall–Kier alpha value is -2.42. The second-order valence-electron chi connectivity index (χ2n) is 4.30. The van der Waals surface area contributed by atoms with Gasteiger partial charge in [-0.1, -0.05) is 48.6 Å². The van der Waals surface area contributed by atoms with Crippen molar-refractivity contribution < 1.29 is 4.79 Å². The average molecular weight is 252 g/mol. The van der Waals surface area contributed by atoms with Crippen LogP contribution in [0.3, 0.4) is 0 Å². The summed E-state index contributed by atoms with van der Waals surface area (Å²) in [6.07, 6.45) is 8.87. The van der Waals surface area contributed by atoms with Gasteiger partial charge in [0.25, 0.3) is 0 Å². The van der Waals surface area contributed by atoms with Crippen molar-refractivity contribution in [1.29, 1.82) is 0 Å². The van der Waals surface area contributed by atoms with Gasteiger partial charge in [-0.2, -0.15) is 5.10 Å². The monoisotopic (exact) mass is 252 g/mol. The van der Waals surface area contributed by atoms with Gasteiger partial charge in [0.05, 0.1) is 11.3 Å². The first-order chi connectivity index (χ1) is 9.16. The highest BCUT2D eigenvalue weighted by molar-refractivity contribution is 6.05. The highest BCUT2D eigenvalue weighted by Crippen LogP contribution is 2.07. The minimum atomic E-state index is -0.0247. The predicted molar refractivity (Wildman–Crippen MR) is 76.9 cm³/mol. The molecule has 2 aromatic rings. The van der Waals surface area contributed by atoms with Crippen LogP contribution >= 0.6 is 0 Å². The molecular weight excluding hydrogens is 236 g/mol. The Morgan fingerprint density at radius 2 is 1.95 bits per heavy atom. The molecule has 0 aliphatic carbocycles. The van der Waals surface area contributed by atoms with Gasteiger partial charge in [0.1, 0.15) is 0 Å². The third-order valence-corrected chi connectivity index (χ3v) is 2.73. The first-order valence-corrected chi connectivity index (χ1v) is 6.11. The lowest BCUT2D eigenvalue weighted by Crippen LogP contribution is -1.94. The Morgan fingerprint density at radius 3 is 2.58 bits per heavy atom. The van der Waals surface area contributed by atoms with Crippen molar-refractivity contribution in [2.45, 2.75) is 6.92 Å². The molecule has 0 amide bonds. The number of rotatable bonds is 4. The molecule has 3 heteroatoms. The molecule has 96 valence electrons. The molecule has 0 saturated carbocycles. The van der Waals surface area contributed by atoms with Gasteiger partial charge >= 0.3 is 0 Å². The van der Waals surface area contributed by atoms with E-state index in [2.05, 4.69) is 5.10 Å². The number of hydrogen-bond donors (Lipinski definition) is 0. The van der Waals surface area contributed by atoms with Crippen molar-refractivity contribution in [3.05, 3.63) is 71.6 Å². The number of benzene rings is 1. The SMILES string of the molecule is Cc1nn(C)cc1C(=O)/C=C/C=C/c1ccccc1. The number of carbonyl (C=O) groups is 1. The summed E-state index contributed by atoms with van der Waals surface area (Å²) < 4.78 is 1.65. The molecule has 2 rings (SSSR count). The van der Waals surface area contributed by atoms with Gasteiger partial charge in [-0.05, 0) is 18.6 Å². The first-order valence-electron chi connectivity index (χ1n) is 6.11. The molecule has 1 heterocycles. The van der Waals surface area contributed by atoms with E-state index >= 15 is 0 Å². The number of aryl methyl sites for hydroxylation is 2. The Balaban J connectivity index is 2.02. The van der Waals surface area contributed by atoms with E-state index in [0.717, 1.165) is 11.3 Å². The maximum Gasteiger partial charge on any atom is 0.189 e. The van der Waals surface area contributed by atoms with Gasteiger partial charge in [0.2, 0.25) is 0 Å². The van der Waals surface area contributed by atoms with Gasteiger partial charge in [0.15, 0.2) is 5.78 Å². The topological polar surface area (TPSA) is 34.9 Å². The van der Waals surface area contributed by atoms with Gasteiger partial charge < -0.3 is 0 Å². The zero-order valence-corrected chi connectivity index (χ0v) is 11.1. The normalized spacial score (nSPS) is 11.5. The van der Waals surface area contributed by atoms with Crippen LogP contribution in [-0.2, 0) is 7.05 Å². The summed E-state index contributed by atoms with van der Waals surface area (Å²) in [6, 6.07) is 9.96. The minimum Gasteiger partial charge on any atom is -0.289 e. The quantitative estimate of drug-likeness (QED) is 0.476. The Morgan fingerprint density at radius 1 is 1.21 bits per heavy atom. The summed E-state index contributed by atoms with van der Waals surface area (Å²) >= 11 is 0. The van der Waals surface area contributed by atoms with E-state index in [0.29, 0.717) is 5.56 Å². The Bertz CT molecular complexity index is 621. The lowest BCUT2D eigenvalue weighted by atomic mass is 10.1. The number of carbonyl (C=O) groups excluding carboxylic acids is 1. The van der Waals surface area contributed by atoms with Crippen LogP contribution in [0.5, 0.6) is 0 Å². The van der Waals surface area contributed by atoms with Crippen molar-refractivity contribution in [1.82, 2.24) is 9.78 Å². The molecule has 0 fully saturated rings. The lowest BCUT2D eigenvalue weighted by molar-refractivity contribution is 0.104. The van der Waals surface area contributed by atoms with E-state index in [9.17, 15) is 4.79 Å². The zero-order valence-electron chi connectivity index (χ0n) is 11.1. The second kappa shape index (κ2) is 5.96. The number of ketones is 1. The smallest absolute Gasteiger partial charge is 0.189 e. The van der Waals surface area contributed by atoms with Gasteiger partial charge in [-0.3, -0.25) is 9.48 Å². The van der Waals surface area contributed by atoms with Crippen LogP contribution in [0.1, 0.15) is 21.6 Å². The number of nitrogens with zero attached hydrogens (tertiary/aromatic N) is 2. The molecule has 0 aliphatic rings. The molecule has 0 saturated heterocycles. The summed E-state index contributed by atoms with van der Waals surface area (Å²) in [7, 11) is 1.81. The van der Waals surface area contributed by atoms with Crippen LogP contribution in [0, 0.1) is 6.92 Å². The molecule has 3 nitrogen and oxygen atoms in total. The fourth-order valence-electron chi connectivity index (χ4n) is 1.81. The fraction of sp³-hybridized carbons (Fsp3) is 0.125. The summed E-state index contributed by atoms with van der Waals surface area (Å²) in [5, 5.41) is 4.15. The van der Waals surface area contributed by atoms with Crippen molar-refractivity contribution in [2.75, 3.05) is 0 Å². The van der Waals surface area contributed by atoms with Crippen molar-refractivity contribution >= 4 is 11.9 Å². The maximum atomic E-state index is 11.9. The van der Waals surface area contributed by atoms with Gasteiger partial charge in [0, 0.05) is 13.2 Å². The number of aromatic nitrogens is 2. The lowest BCUT2D eigenvalue weighted by Gasteiger charge is -1.90. The Kier molecular flexibility index (Phi) is 4.08. The Labute approximate surface area is 112 Å². The van der Waals surface area contributed by atoms with Crippen LogP contribution in [0.25, 0.3) is 6.08 Å². The van der Waals surface area contributed by atoms with Gasteiger partial charge in [-0.15, -0.1) is 0 Å². The van der Waals surface area contributed by atoms with Crippen LogP contribution in [-0.4, -0.2) is 15.6 Å². The third kappa shape index (κ3) is 3.52. The fourth-order valence-corrected chi connectivity index (χ4v) is 1.81. The number of allylic oxidation sites excluding steroid dienone is 3. The van der Waals surface area contributed by atoms with Crippen LogP contribution in [0.15, 0.2) is 54.8 Å². The van der Waals surface area contributed by atoms with Crippen LogP contribution in [0.2, 0.25) is 0 Å². The molecule has 1 aromatic carbocycles. The molecule has 0 unspecified atom stereocenters. The predicted octanol–water partition coefficient (Wildman–Crippen LogP) is 3.18. The first kappa shape index (κ1) is 13.0. The average Bonchev–Trinajstić information content (AvgIpc) is 2.75. The highest BCUT2D eigenvalue weighted by atomic mass is 16.1. The van der Waals surface area contributed by atoms with Crippen molar-refractivity contribution in [3.8, 4) is 0 Å². The molecule has 0 atom stereocenters. The van der Waals surface area contributed by atoms with E-state index in [1.165, 1.54) is 0 Å². The van der Waals surface area contributed by atoms with E-state index < -0.39 is 0 Å². The highest BCUT2D eigenvalue weighted by Gasteiger charge is 2.08. The molecule has 0 radical (unpaired) electrons. The standard InChI is InChI=1S/C16H16N2O/c1-13-15(12-18(2)17-13)16(19)11-7-6-10-14-8-4-3-5-9-14/h3-12H,1-2H3/b10-6+,11-7+. The summed E-state index contributed by atoms with van der Waals surface area (Å²) in [5.74, 6) is -0.0247. The van der Waals surface area contributed by atoms with E-state index in [1.54, 1.807) is 23.0 Å². The summed E-state index contributed by atoms with van der Waals surface area (Å²) in [5.41, 5.74) is 2.51. The third-order valence-electron chi connectivity index (χ3n) is 2.73. The van der Waals surface area contributed by atoms with Gasteiger partial charge in [-0.25, -0.2) is 0 Å². The zero-order chi connectivity index (χ0) is 13.7. The number of hydrogen-bond acceptors (Lipinski definition) is 2. The van der Waals surface area contributed by atoms with E-state index in [4.69, 9.17) is 0 Å². The molecule has 19 heavy (non-hydrogen) atoms. The maximum absolute atomic E-state index is 11.9. The molecule has 0 N–H and O–H groups in total. The summed E-state index contributed by atoms with van der Waals surface area (Å²) in [4.78, 5) is 11.9. The molecule has 0 spiro atoms. The molecule has 0 bridgehead atoms. The van der Waals surface area contributed by atoms with E-state index in [-0.39, 0.29) is 5.78 Å². The van der Waals surface area contributed by atoms with Crippen molar-refractivity contribution in [2.24, 2.45) is 7.05 Å². The van der Waals surface area contributed by atoms with Crippen LogP contribution < -0.4 is 0 Å². The molecule has 1 aromatic heterocycles. The van der Waals surface area contributed by atoms with Crippen molar-refractivity contribution in [3.63, 3.8) is 0 Å². The minimum absolute atomic E-state index is 0.0247. The largest absolute Gasteiger partial charge is 0.289 e. The summed E-state index contributed by atoms with van der Waals surface area (Å²) in [6.45, 7) is 1.83. The second-order valence-corrected chi connectivity index (χ2v) is 4.30. The van der Waals surface area contributed by atoms with Crippen LogP contribution in [0.4, 0.5) is 0 Å².